The van der Waals surface area contributed by atoms with Gasteiger partial charge in [0, 0.05) is 5.92 Å². The summed E-state index contributed by atoms with van der Waals surface area (Å²) in [4.78, 5) is 0. The second-order valence-electron chi connectivity index (χ2n) is 2.66. The van der Waals surface area contributed by atoms with Crippen LogP contribution >= 0.6 is 0 Å². The zero-order valence-electron chi connectivity index (χ0n) is 5.96. The quantitative estimate of drug-likeness (QED) is 0.505. The maximum absolute atomic E-state index is 3.26. The fourth-order valence-electron chi connectivity index (χ4n) is 1.34. The van der Waals surface area contributed by atoms with Crippen LogP contribution in [-0.2, 0) is 0 Å². The van der Waals surface area contributed by atoms with Gasteiger partial charge in [-0.1, -0.05) is 37.3 Å². The van der Waals surface area contributed by atoms with Crippen molar-refractivity contribution in [2.45, 2.75) is 12.8 Å². The van der Waals surface area contributed by atoms with Crippen LogP contribution in [0.2, 0.25) is 0 Å². The summed E-state index contributed by atoms with van der Waals surface area (Å²) in [6, 6.07) is 8.44. The lowest BCUT2D eigenvalue weighted by atomic mass is 10.0. The third-order valence-corrected chi connectivity index (χ3v) is 1.95. The van der Waals surface area contributed by atoms with Crippen LogP contribution < -0.4 is 0 Å². The Bertz CT molecular complexity index is 271. The summed E-state index contributed by atoms with van der Waals surface area (Å²) in [6.45, 7) is 2.17. The topological polar surface area (TPSA) is 0 Å². The van der Waals surface area contributed by atoms with Gasteiger partial charge in [-0.2, -0.15) is 0 Å². The Morgan fingerprint density at radius 1 is 1.30 bits per heavy atom. The number of rotatable bonds is 0. The van der Waals surface area contributed by atoms with E-state index in [1.165, 1.54) is 11.1 Å². The standard InChI is InChI=1S/C10H9/c1-8-6-7-9-4-2-3-5-10(8)9/h2-5,7-8H,1H3. The number of hydrogen-bond donors (Lipinski definition) is 0. The van der Waals surface area contributed by atoms with Gasteiger partial charge in [0.2, 0.25) is 0 Å². The molecule has 1 aromatic rings. The smallest absolute Gasteiger partial charge is 0.00701 e. The summed E-state index contributed by atoms with van der Waals surface area (Å²) < 4.78 is 0. The molecule has 0 N–H and O–H groups in total. The van der Waals surface area contributed by atoms with Gasteiger partial charge in [0.1, 0.15) is 0 Å². The molecule has 10 heavy (non-hydrogen) atoms. The lowest BCUT2D eigenvalue weighted by Gasteiger charge is -2.01. The van der Waals surface area contributed by atoms with Gasteiger partial charge in [0.05, 0.1) is 0 Å². The van der Waals surface area contributed by atoms with Gasteiger partial charge in [-0.3, -0.25) is 0 Å². The summed E-state index contributed by atoms with van der Waals surface area (Å²) >= 11 is 0. The van der Waals surface area contributed by atoms with E-state index in [4.69, 9.17) is 0 Å². The minimum atomic E-state index is 0.496. The summed E-state index contributed by atoms with van der Waals surface area (Å²) in [5.74, 6) is 0.496. The molecule has 2 rings (SSSR count). The first-order chi connectivity index (χ1) is 4.88. The molecule has 49 valence electrons. The zero-order chi connectivity index (χ0) is 6.97. The molecule has 0 fully saturated rings. The first-order valence-corrected chi connectivity index (χ1v) is 3.56. The van der Waals surface area contributed by atoms with Gasteiger partial charge < -0.3 is 0 Å². The van der Waals surface area contributed by atoms with Crippen molar-refractivity contribution in [3.8, 4) is 0 Å². The van der Waals surface area contributed by atoms with Crippen LogP contribution in [0.15, 0.2) is 24.3 Å². The van der Waals surface area contributed by atoms with E-state index in [1.807, 2.05) is 0 Å². The van der Waals surface area contributed by atoms with Gasteiger partial charge in [0.25, 0.3) is 0 Å². The SMILES string of the molecule is CC1[C]=Cc2ccccc21. The zero-order valence-corrected chi connectivity index (χ0v) is 5.96. The van der Waals surface area contributed by atoms with Crippen molar-refractivity contribution in [1.82, 2.24) is 0 Å². The number of allylic oxidation sites excluding steroid dienone is 1. The molecule has 0 saturated carbocycles. The number of hydrogen-bond acceptors (Lipinski definition) is 0. The van der Waals surface area contributed by atoms with E-state index in [-0.39, 0.29) is 0 Å². The molecule has 0 aliphatic heterocycles. The van der Waals surface area contributed by atoms with E-state index in [2.05, 4.69) is 43.3 Å². The molecule has 1 aromatic carbocycles. The number of benzene rings is 1. The summed E-state index contributed by atoms with van der Waals surface area (Å²) in [6.07, 6.45) is 5.33. The summed E-state index contributed by atoms with van der Waals surface area (Å²) in [7, 11) is 0. The maximum atomic E-state index is 3.26. The Labute approximate surface area is 61.2 Å². The molecule has 1 atom stereocenters. The van der Waals surface area contributed by atoms with E-state index in [0.717, 1.165) is 0 Å². The van der Waals surface area contributed by atoms with Crippen LogP contribution in [0.3, 0.4) is 0 Å². The second-order valence-corrected chi connectivity index (χ2v) is 2.66. The highest BCUT2D eigenvalue weighted by Crippen LogP contribution is 2.27. The van der Waals surface area contributed by atoms with Crippen molar-refractivity contribution < 1.29 is 0 Å². The van der Waals surface area contributed by atoms with E-state index in [0.29, 0.717) is 5.92 Å². The van der Waals surface area contributed by atoms with Crippen LogP contribution in [0.25, 0.3) is 6.08 Å². The summed E-state index contributed by atoms with van der Waals surface area (Å²) in [5, 5.41) is 0. The second kappa shape index (κ2) is 1.98. The molecule has 0 amide bonds. The molecule has 0 heteroatoms. The Morgan fingerprint density at radius 2 is 2.10 bits per heavy atom. The van der Waals surface area contributed by atoms with E-state index in [1.54, 1.807) is 0 Å². The average molecular weight is 129 g/mol. The first kappa shape index (κ1) is 5.72. The first-order valence-electron chi connectivity index (χ1n) is 3.56. The highest BCUT2D eigenvalue weighted by molar-refractivity contribution is 5.59. The highest BCUT2D eigenvalue weighted by Gasteiger charge is 2.10. The molecular formula is C10H9. The van der Waals surface area contributed by atoms with Crippen LogP contribution in [0.1, 0.15) is 24.0 Å². The highest BCUT2D eigenvalue weighted by atomic mass is 14.1. The Balaban J connectivity index is 2.59. The third-order valence-electron chi connectivity index (χ3n) is 1.95. The van der Waals surface area contributed by atoms with Crippen molar-refractivity contribution in [3.05, 3.63) is 41.5 Å². The molecule has 1 radical (unpaired) electrons. The van der Waals surface area contributed by atoms with E-state index in [9.17, 15) is 0 Å². The summed E-state index contributed by atoms with van der Waals surface area (Å²) in [5.41, 5.74) is 2.73. The van der Waals surface area contributed by atoms with Gasteiger partial charge in [-0.05, 0) is 17.2 Å². The van der Waals surface area contributed by atoms with Crippen LogP contribution in [0.4, 0.5) is 0 Å². The van der Waals surface area contributed by atoms with Crippen molar-refractivity contribution >= 4 is 6.08 Å². The van der Waals surface area contributed by atoms with Crippen molar-refractivity contribution in [1.29, 1.82) is 0 Å². The molecule has 1 unspecified atom stereocenters. The van der Waals surface area contributed by atoms with Crippen molar-refractivity contribution in [3.63, 3.8) is 0 Å². The third kappa shape index (κ3) is 0.688. The monoisotopic (exact) mass is 129 g/mol. The van der Waals surface area contributed by atoms with Crippen molar-refractivity contribution in [2.75, 3.05) is 0 Å². The Kier molecular flexibility index (Phi) is 1.13. The van der Waals surface area contributed by atoms with Gasteiger partial charge in [0.15, 0.2) is 0 Å². The van der Waals surface area contributed by atoms with Crippen LogP contribution in [-0.4, -0.2) is 0 Å². The fourth-order valence-corrected chi connectivity index (χ4v) is 1.34. The fraction of sp³-hybridized carbons (Fsp3) is 0.200. The molecule has 1 aliphatic rings. The maximum Gasteiger partial charge on any atom is 0.00701 e. The lowest BCUT2D eigenvalue weighted by Crippen LogP contribution is -1.84. The van der Waals surface area contributed by atoms with E-state index < -0.39 is 0 Å². The molecule has 0 heterocycles. The average Bonchev–Trinajstić information content (AvgIpc) is 2.34. The minimum Gasteiger partial charge on any atom is -0.0619 e. The largest absolute Gasteiger partial charge is 0.0619 e. The molecule has 0 nitrogen and oxygen atoms in total. The number of fused-ring (bicyclic) bond motifs is 1. The predicted octanol–water partition coefficient (Wildman–Crippen LogP) is 2.62. The predicted molar refractivity (Wildman–Crippen MR) is 42.6 cm³/mol. The van der Waals surface area contributed by atoms with Gasteiger partial charge >= 0.3 is 0 Å². The molecule has 1 aliphatic carbocycles. The Hall–Kier alpha value is -1.04. The van der Waals surface area contributed by atoms with Crippen LogP contribution in [0.5, 0.6) is 0 Å². The lowest BCUT2D eigenvalue weighted by molar-refractivity contribution is 0.965. The molecule has 0 bridgehead atoms. The van der Waals surface area contributed by atoms with Crippen molar-refractivity contribution in [2.24, 2.45) is 0 Å². The molecule has 0 aromatic heterocycles. The van der Waals surface area contributed by atoms with Gasteiger partial charge in [-0.25, -0.2) is 0 Å². The van der Waals surface area contributed by atoms with E-state index >= 15 is 0 Å². The normalized spacial score (nSPS) is 21.1. The van der Waals surface area contributed by atoms with Gasteiger partial charge in [-0.15, -0.1) is 0 Å². The molecule has 0 saturated heterocycles. The Morgan fingerprint density at radius 3 is 2.90 bits per heavy atom. The van der Waals surface area contributed by atoms with Crippen LogP contribution in [0, 0.1) is 6.08 Å². The molecular weight excluding hydrogens is 120 g/mol. The minimum absolute atomic E-state index is 0.496. The molecule has 0 spiro atoms.